The van der Waals surface area contributed by atoms with Gasteiger partial charge in [0.25, 0.3) is 0 Å². The number of rotatable bonds is 0. The van der Waals surface area contributed by atoms with Gasteiger partial charge >= 0.3 is 0 Å². The molecule has 0 aliphatic heterocycles. The number of hydrogen-bond acceptors (Lipinski definition) is 0. The van der Waals surface area contributed by atoms with Gasteiger partial charge in [0.2, 0.25) is 0 Å². The molecule has 0 saturated heterocycles. The van der Waals surface area contributed by atoms with Crippen molar-refractivity contribution < 1.29 is 0 Å². The van der Waals surface area contributed by atoms with Crippen LogP contribution in [-0.4, -0.2) is 0 Å². The predicted molar refractivity (Wildman–Crippen MR) is 35.4 cm³/mol. The molecular weight excluding hydrogens is 96.1 g/mol. The molecule has 0 fully saturated rings. The lowest BCUT2D eigenvalue weighted by atomic mass is 10.2. The van der Waals surface area contributed by atoms with Crippen LogP contribution in [0.25, 0.3) is 0 Å². The molecule has 0 nitrogen and oxygen atoms in total. The summed E-state index contributed by atoms with van der Waals surface area (Å²) in [5, 5.41) is 0. The molecule has 0 heteroatoms. The van der Waals surface area contributed by atoms with Gasteiger partial charge in [0.1, 0.15) is 0 Å². The number of hydrogen-bond donors (Lipinski definition) is 0. The van der Waals surface area contributed by atoms with E-state index in [0.29, 0.717) is 0 Å². The van der Waals surface area contributed by atoms with Crippen LogP contribution in [0.15, 0.2) is 17.7 Å². The highest BCUT2D eigenvalue weighted by molar-refractivity contribution is 5.14. The van der Waals surface area contributed by atoms with Crippen LogP contribution in [-0.2, 0) is 0 Å². The maximum Gasteiger partial charge on any atom is -0.0273 e. The zero-order valence-corrected chi connectivity index (χ0v) is 5.28. The van der Waals surface area contributed by atoms with Gasteiger partial charge in [0.05, 0.1) is 0 Å². The van der Waals surface area contributed by atoms with E-state index in [0.717, 1.165) is 6.42 Å². The van der Waals surface area contributed by atoms with Crippen LogP contribution in [0.1, 0.15) is 26.2 Å². The highest BCUT2D eigenvalue weighted by Crippen LogP contribution is 2.07. The van der Waals surface area contributed by atoms with Crippen molar-refractivity contribution in [3.8, 4) is 0 Å². The van der Waals surface area contributed by atoms with Crippen molar-refractivity contribution in [1.82, 2.24) is 0 Å². The van der Waals surface area contributed by atoms with Gasteiger partial charge in [0, 0.05) is 0 Å². The third kappa shape index (κ3) is 1.53. The Hall–Kier alpha value is -0.520. The van der Waals surface area contributed by atoms with Crippen molar-refractivity contribution in [1.29, 1.82) is 0 Å². The number of allylic oxidation sites excluding steroid dienone is 4. The highest BCUT2D eigenvalue weighted by atomic mass is 13.9. The Kier molecular flexibility index (Phi) is 1.90. The van der Waals surface area contributed by atoms with E-state index in [1.165, 1.54) is 18.4 Å². The second-order valence-corrected chi connectivity index (χ2v) is 2.19. The van der Waals surface area contributed by atoms with Crippen LogP contribution in [0, 0.1) is 6.08 Å². The van der Waals surface area contributed by atoms with Crippen LogP contribution in [0.3, 0.4) is 0 Å². The van der Waals surface area contributed by atoms with Gasteiger partial charge in [-0.25, -0.2) is 0 Å². The minimum absolute atomic E-state index is 1.13. The van der Waals surface area contributed by atoms with Crippen molar-refractivity contribution in [3.05, 3.63) is 23.8 Å². The molecule has 0 aromatic heterocycles. The molecule has 1 aliphatic carbocycles. The normalized spacial score (nSPS) is 19.9. The first kappa shape index (κ1) is 5.61. The van der Waals surface area contributed by atoms with Gasteiger partial charge in [-0.3, -0.25) is 0 Å². The lowest BCUT2D eigenvalue weighted by Gasteiger charge is -1.84. The smallest absolute Gasteiger partial charge is 0.0273 e. The first-order valence-corrected chi connectivity index (χ1v) is 3.13. The van der Waals surface area contributed by atoms with Gasteiger partial charge in [-0.05, 0) is 32.3 Å². The Morgan fingerprint density at radius 1 is 1.62 bits per heavy atom. The largest absolute Gasteiger partial charge is 0.0816 e. The Morgan fingerprint density at radius 3 is 3.38 bits per heavy atom. The third-order valence-electron chi connectivity index (χ3n) is 1.32. The van der Waals surface area contributed by atoms with Crippen LogP contribution in [0.5, 0.6) is 0 Å². The van der Waals surface area contributed by atoms with Gasteiger partial charge in [-0.1, -0.05) is 17.7 Å². The fourth-order valence-electron chi connectivity index (χ4n) is 0.826. The Balaban J connectivity index is 2.55. The molecular formula is C8H11. The lowest BCUT2D eigenvalue weighted by Crippen LogP contribution is -1.64. The van der Waals surface area contributed by atoms with Gasteiger partial charge in [-0.15, -0.1) is 0 Å². The van der Waals surface area contributed by atoms with Crippen LogP contribution in [0.2, 0.25) is 0 Å². The Morgan fingerprint density at radius 2 is 2.50 bits per heavy atom. The summed E-state index contributed by atoms with van der Waals surface area (Å²) in [7, 11) is 0. The van der Waals surface area contributed by atoms with Gasteiger partial charge in [-0.2, -0.15) is 0 Å². The van der Waals surface area contributed by atoms with E-state index in [-0.39, 0.29) is 0 Å². The minimum Gasteiger partial charge on any atom is -0.0816 e. The summed E-state index contributed by atoms with van der Waals surface area (Å²) in [5.41, 5.74) is 1.36. The van der Waals surface area contributed by atoms with E-state index < -0.39 is 0 Å². The second-order valence-electron chi connectivity index (χ2n) is 2.19. The molecule has 0 saturated carbocycles. The molecule has 0 aromatic carbocycles. The van der Waals surface area contributed by atoms with E-state index in [1.807, 2.05) is 0 Å². The monoisotopic (exact) mass is 107 g/mol. The summed E-state index contributed by atoms with van der Waals surface area (Å²) in [5.74, 6) is 0. The maximum absolute atomic E-state index is 3.20. The molecule has 0 heterocycles. The topological polar surface area (TPSA) is 0 Å². The molecule has 0 spiro atoms. The summed E-state index contributed by atoms with van der Waals surface area (Å²) in [6, 6.07) is 0. The van der Waals surface area contributed by atoms with E-state index in [2.05, 4.69) is 25.2 Å². The quantitative estimate of drug-likeness (QED) is 0.446. The van der Waals surface area contributed by atoms with Crippen molar-refractivity contribution in [2.24, 2.45) is 0 Å². The van der Waals surface area contributed by atoms with Crippen LogP contribution in [0.4, 0.5) is 0 Å². The molecule has 8 heavy (non-hydrogen) atoms. The summed E-state index contributed by atoms with van der Waals surface area (Å²) in [6.45, 7) is 2.12. The first-order chi connectivity index (χ1) is 3.89. The molecule has 0 atom stereocenters. The summed E-state index contributed by atoms with van der Waals surface area (Å²) in [4.78, 5) is 0. The molecule has 1 aliphatic rings. The molecule has 1 radical (unpaired) electrons. The van der Waals surface area contributed by atoms with Crippen LogP contribution < -0.4 is 0 Å². The highest BCUT2D eigenvalue weighted by Gasteiger charge is 1.88. The van der Waals surface area contributed by atoms with E-state index in [4.69, 9.17) is 0 Å². The second kappa shape index (κ2) is 2.71. The van der Waals surface area contributed by atoms with Crippen LogP contribution >= 0.6 is 0 Å². The zero-order valence-electron chi connectivity index (χ0n) is 5.28. The minimum atomic E-state index is 1.13. The van der Waals surface area contributed by atoms with Crippen molar-refractivity contribution in [2.75, 3.05) is 0 Å². The summed E-state index contributed by atoms with van der Waals surface area (Å²) >= 11 is 0. The van der Waals surface area contributed by atoms with Crippen molar-refractivity contribution in [2.45, 2.75) is 26.2 Å². The molecule has 43 valence electrons. The van der Waals surface area contributed by atoms with E-state index in [9.17, 15) is 0 Å². The van der Waals surface area contributed by atoms with Crippen molar-refractivity contribution >= 4 is 0 Å². The molecule has 0 aromatic rings. The molecule has 1 rings (SSSR count). The third-order valence-corrected chi connectivity index (χ3v) is 1.32. The molecule has 0 unspecified atom stereocenters. The first-order valence-electron chi connectivity index (χ1n) is 3.13. The molecule has 0 bridgehead atoms. The molecule has 0 N–H and O–H groups in total. The zero-order chi connectivity index (χ0) is 5.82. The Bertz CT molecular complexity index is 118. The Labute approximate surface area is 50.9 Å². The van der Waals surface area contributed by atoms with Crippen molar-refractivity contribution in [3.63, 3.8) is 0 Å². The standard InChI is InChI=1S/C8H11/c1-8-6-4-2-3-5-7-8/h6-7H,2-4H2,1H3. The molecule has 0 amide bonds. The van der Waals surface area contributed by atoms with E-state index >= 15 is 0 Å². The van der Waals surface area contributed by atoms with E-state index in [1.54, 1.807) is 0 Å². The SMILES string of the molecule is CC1=CCCC[C]=C1. The summed E-state index contributed by atoms with van der Waals surface area (Å²) < 4.78 is 0. The average Bonchev–Trinajstić information content (AvgIpc) is 1.94. The fourth-order valence-corrected chi connectivity index (χ4v) is 0.826. The van der Waals surface area contributed by atoms with Gasteiger partial charge in [0.15, 0.2) is 0 Å². The average molecular weight is 107 g/mol. The maximum atomic E-state index is 3.20. The lowest BCUT2D eigenvalue weighted by molar-refractivity contribution is 0.862. The van der Waals surface area contributed by atoms with Gasteiger partial charge < -0.3 is 0 Å². The fraction of sp³-hybridized carbons (Fsp3) is 0.500. The summed E-state index contributed by atoms with van der Waals surface area (Å²) in [6.07, 6.45) is 11.2. The predicted octanol–water partition coefficient (Wildman–Crippen LogP) is 2.48.